The standard InChI is InChI=1S/C20H15ClN4O/c1-13-11-25-12-15(20(26)24-18-7-2-3-8-22-18)10-17(19(25)23-13)14-5-4-6-16(21)9-14/h2-12H,1H3,(H,22,24,26). The molecule has 0 saturated heterocycles. The maximum absolute atomic E-state index is 12.7. The Bertz CT molecular complexity index is 1110. The van der Waals surface area contributed by atoms with Crippen molar-refractivity contribution in [2.24, 2.45) is 0 Å². The van der Waals surface area contributed by atoms with Crippen molar-refractivity contribution < 1.29 is 4.79 Å². The van der Waals surface area contributed by atoms with Crippen LogP contribution >= 0.6 is 11.6 Å². The normalized spacial score (nSPS) is 10.8. The van der Waals surface area contributed by atoms with Crippen LogP contribution in [0, 0.1) is 6.92 Å². The summed E-state index contributed by atoms with van der Waals surface area (Å²) in [6.45, 7) is 1.92. The number of hydrogen-bond acceptors (Lipinski definition) is 3. The van der Waals surface area contributed by atoms with E-state index in [1.807, 2.05) is 53.9 Å². The van der Waals surface area contributed by atoms with Crippen molar-refractivity contribution in [2.45, 2.75) is 6.92 Å². The molecule has 128 valence electrons. The zero-order valence-electron chi connectivity index (χ0n) is 14.0. The fourth-order valence-corrected chi connectivity index (χ4v) is 3.03. The van der Waals surface area contributed by atoms with Gasteiger partial charge in [0.2, 0.25) is 0 Å². The predicted octanol–water partition coefficient (Wildman–Crippen LogP) is 4.61. The van der Waals surface area contributed by atoms with Crippen LogP contribution in [0.2, 0.25) is 5.02 Å². The second-order valence-electron chi connectivity index (χ2n) is 5.94. The lowest BCUT2D eigenvalue weighted by molar-refractivity contribution is 0.102. The maximum Gasteiger partial charge on any atom is 0.258 e. The first-order valence-corrected chi connectivity index (χ1v) is 8.45. The molecule has 0 atom stereocenters. The molecule has 1 amide bonds. The number of carbonyl (C=O) groups is 1. The third-order valence-corrected chi connectivity index (χ3v) is 4.21. The number of rotatable bonds is 3. The average molecular weight is 363 g/mol. The van der Waals surface area contributed by atoms with Gasteiger partial charge in [-0.3, -0.25) is 4.79 Å². The van der Waals surface area contributed by atoms with Crippen LogP contribution in [0.5, 0.6) is 0 Å². The fraction of sp³-hybridized carbons (Fsp3) is 0.0500. The first-order valence-electron chi connectivity index (χ1n) is 8.08. The number of imidazole rings is 1. The summed E-state index contributed by atoms with van der Waals surface area (Å²) >= 11 is 6.15. The van der Waals surface area contributed by atoms with Gasteiger partial charge in [-0.15, -0.1) is 0 Å². The molecule has 0 aliphatic carbocycles. The van der Waals surface area contributed by atoms with Crippen LogP contribution in [-0.4, -0.2) is 20.3 Å². The van der Waals surface area contributed by atoms with Gasteiger partial charge in [0.25, 0.3) is 5.91 Å². The molecule has 0 radical (unpaired) electrons. The summed E-state index contributed by atoms with van der Waals surface area (Å²) in [7, 11) is 0. The minimum atomic E-state index is -0.236. The summed E-state index contributed by atoms with van der Waals surface area (Å²) in [5, 5.41) is 3.44. The Labute approximate surface area is 155 Å². The Morgan fingerprint density at radius 2 is 2.00 bits per heavy atom. The summed E-state index contributed by atoms with van der Waals surface area (Å²) < 4.78 is 1.86. The molecule has 0 fully saturated rings. The Morgan fingerprint density at radius 1 is 1.12 bits per heavy atom. The van der Waals surface area contributed by atoms with Crippen LogP contribution in [0.1, 0.15) is 16.1 Å². The van der Waals surface area contributed by atoms with Gasteiger partial charge in [-0.05, 0) is 42.8 Å². The van der Waals surface area contributed by atoms with Gasteiger partial charge in [0.15, 0.2) is 0 Å². The van der Waals surface area contributed by atoms with Crippen molar-refractivity contribution in [2.75, 3.05) is 5.32 Å². The van der Waals surface area contributed by atoms with Crippen LogP contribution in [0.4, 0.5) is 5.82 Å². The highest BCUT2D eigenvalue weighted by Gasteiger charge is 2.14. The summed E-state index contributed by atoms with van der Waals surface area (Å²) in [5.74, 6) is 0.268. The van der Waals surface area contributed by atoms with E-state index in [0.717, 1.165) is 22.5 Å². The van der Waals surface area contributed by atoms with Crippen LogP contribution in [0.25, 0.3) is 16.8 Å². The molecule has 0 aliphatic heterocycles. The smallest absolute Gasteiger partial charge is 0.258 e. The minimum absolute atomic E-state index is 0.236. The predicted molar refractivity (Wildman–Crippen MR) is 103 cm³/mol. The number of aryl methyl sites for hydroxylation is 1. The van der Waals surface area contributed by atoms with Crippen molar-refractivity contribution >= 4 is 29.0 Å². The third kappa shape index (κ3) is 3.17. The monoisotopic (exact) mass is 362 g/mol. The number of aromatic nitrogens is 3. The Balaban J connectivity index is 1.82. The highest BCUT2D eigenvalue weighted by Crippen LogP contribution is 2.28. The average Bonchev–Trinajstić information content (AvgIpc) is 3.01. The zero-order chi connectivity index (χ0) is 18.1. The van der Waals surface area contributed by atoms with E-state index < -0.39 is 0 Å². The lowest BCUT2D eigenvalue weighted by Crippen LogP contribution is -2.13. The van der Waals surface area contributed by atoms with Gasteiger partial charge >= 0.3 is 0 Å². The van der Waals surface area contributed by atoms with E-state index in [0.29, 0.717) is 16.4 Å². The first kappa shape index (κ1) is 16.3. The number of fused-ring (bicyclic) bond motifs is 1. The minimum Gasteiger partial charge on any atom is -0.307 e. The van der Waals surface area contributed by atoms with Gasteiger partial charge in [-0.2, -0.15) is 0 Å². The molecule has 1 N–H and O–H groups in total. The number of halogens is 1. The van der Waals surface area contributed by atoms with Crippen LogP contribution < -0.4 is 5.32 Å². The van der Waals surface area contributed by atoms with E-state index in [1.54, 1.807) is 24.5 Å². The van der Waals surface area contributed by atoms with E-state index in [9.17, 15) is 4.79 Å². The highest BCUT2D eigenvalue weighted by molar-refractivity contribution is 6.30. The number of pyridine rings is 2. The summed E-state index contributed by atoms with van der Waals surface area (Å²) in [6.07, 6.45) is 5.29. The second kappa shape index (κ2) is 6.61. The van der Waals surface area contributed by atoms with E-state index >= 15 is 0 Å². The Hall–Kier alpha value is -3.18. The summed E-state index contributed by atoms with van der Waals surface area (Å²) in [5.41, 5.74) is 3.90. The SMILES string of the molecule is Cc1cn2cc(C(=O)Nc3ccccn3)cc(-c3cccc(Cl)c3)c2n1. The van der Waals surface area contributed by atoms with Crippen LogP contribution in [-0.2, 0) is 0 Å². The molecule has 1 aromatic carbocycles. The molecule has 4 rings (SSSR count). The van der Waals surface area contributed by atoms with Crippen LogP contribution in [0.15, 0.2) is 67.1 Å². The van der Waals surface area contributed by atoms with Gasteiger partial charge in [-0.1, -0.05) is 29.8 Å². The van der Waals surface area contributed by atoms with Crippen molar-refractivity contribution in [3.63, 3.8) is 0 Å². The summed E-state index contributed by atoms with van der Waals surface area (Å²) in [6, 6.07) is 14.7. The number of hydrogen-bond donors (Lipinski definition) is 1. The van der Waals surface area contributed by atoms with Gasteiger partial charge in [0.1, 0.15) is 11.5 Å². The lowest BCUT2D eigenvalue weighted by Gasteiger charge is -2.09. The molecule has 4 aromatic rings. The van der Waals surface area contributed by atoms with Gasteiger partial charge in [0.05, 0.1) is 11.3 Å². The number of carbonyl (C=O) groups excluding carboxylic acids is 1. The largest absolute Gasteiger partial charge is 0.307 e. The maximum atomic E-state index is 12.7. The van der Waals surface area contributed by atoms with Crippen molar-refractivity contribution in [1.29, 1.82) is 0 Å². The van der Waals surface area contributed by atoms with Gasteiger partial charge in [-0.25, -0.2) is 9.97 Å². The molecule has 0 saturated carbocycles. The zero-order valence-corrected chi connectivity index (χ0v) is 14.7. The third-order valence-electron chi connectivity index (χ3n) is 3.98. The van der Waals surface area contributed by atoms with E-state index in [-0.39, 0.29) is 5.91 Å². The number of nitrogens with zero attached hydrogens (tertiary/aromatic N) is 3. The molecule has 0 unspecified atom stereocenters. The second-order valence-corrected chi connectivity index (χ2v) is 6.37. The molecular weight excluding hydrogens is 348 g/mol. The number of amides is 1. The van der Waals surface area contributed by atoms with Gasteiger partial charge < -0.3 is 9.72 Å². The van der Waals surface area contributed by atoms with E-state index in [1.165, 1.54) is 0 Å². The lowest BCUT2D eigenvalue weighted by atomic mass is 10.0. The molecule has 3 heterocycles. The first-order chi connectivity index (χ1) is 12.6. The van der Waals surface area contributed by atoms with Crippen molar-refractivity contribution in [1.82, 2.24) is 14.4 Å². The molecule has 0 spiro atoms. The number of nitrogens with one attached hydrogen (secondary N) is 1. The van der Waals surface area contributed by atoms with Crippen molar-refractivity contribution in [3.05, 3.63) is 83.4 Å². The highest BCUT2D eigenvalue weighted by atomic mass is 35.5. The molecule has 0 bridgehead atoms. The number of anilines is 1. The molecule has 5 nitrogen and oxygen atoms in total. The topological polar surface area (TPSA) is 59.3 Å². The van der Waals surface area contributed by atoms with Gasteiger partial charge in [0, 0.05) is 29.2 Å². The number of benzene rings is 1. The Kier molecular flexibility index (Phi) is 4.14. The molecule has 3 aromatic heterocycles. The molecule has 26 heavy (non-hydrogen) atoms. The Morgan fingerprint density at radius 3 is 2.77 bits per heavy atom. The van der Waals surface area contributed by atoms with E-state index in [4.69, 9.17) is 11.6 Å². The van der Waals surface area contributed by atoms with Crippen molar-refractivity contribution in [3.8, 4) is 11.1 Å². The molecule has 0 aliphatic rings. The molecular formula is C20H15ClN4O. The van der Waals surface area contributed by atoms with Crippen LogP contribution in [0.3, 0.4) is 0 Å². The quantitative estimate of drug-likeness (QED) is 0.579. The van der Waals surface area contributed by atoms with E-state index in [2.05, 4.69) is 15.3 Å². The molecule has 6 heteroatoms. The summed E-state index contributed by atoms with van der Waals surface area (Å²) in [4.78, 5) is 21.4. The fourth-order valence-electron chi connectivity index (χ4n) is 2.84.